The van der Waals surface area contributed by atoms with E-state index in [1.54, 1.807) is 6.07 Å². The molecule has 8 heteroatoms. The molecule has 1 fully saturated rings. The molecule has 0 atom stereocenters. The van der Waals surface area contributed by atoms with E-state index in [4.69, 9.17) is 0 Å². The zero-order chi connectivity index (χ0) is 21.1. The van der Waals surface area contributed by atoms with E-state index in [1.165, 1.54) is 12.1 Å². The first-order chi connectivity index (χ1) is 14.4. The number of amides is 1. The first-order valence-corrected chi connectivity index (χ1v) is 10.0. The van der Waals surface area contributed by atoms with Gasteiger partial charge in [0.15, 0.2) is 0 Å². The van der Waals surface area contributed by atoms with Crippen LogP contribution in [-0.2, 0) is 17.5 Å². The maximum Gasteiger partial charge on any atom is 0.416 e. The molecule has 0 spiro atoms. The third-order valence-electron chi connectivity index (χ3n) is 5.60. The SMILES string of the molecule is O=C(NCc1ccccc1C(F)(F)F)C1CCC(Nc2nc3ccccc3[nH]2)CC1. The number of H-pyrrole nitrogens is 1. The van der Waals surface area contributed by atoms with Gasteiger partial charge < -0.3 is 15.6 Å². The summed E-state index contributed by atoms with van der Waals surface area (Å²) in [5, 5.41) is 6.07. The predicted molar refractivity (Wildman–Crippen MR) is 109 cm³/mol. The van der Waals surface area contributed by atoms with E-state index in [-0.39, 0.29) is 30.0 Å². The molecule has 1 heterocycles. The fraction of sp³-hybridized carbons (Fsp3) is 0.364. The lowest BCUT2D eigenvalue weighted by molar-refractivity contribution is -0.138. The van der Waals surface area contributed by atoms with Crippen molar-refractivity contribution in [2.24, 2.45) is 5.92 Å². The molecule has 0 saturated heterocycles. The summed E-state index contributed by atoms with van der Waals surface area (Å²) >= 11 is 0. The van der Waals surface area contributed by atoms with Gasteiger partial charge in [-0.2, -0.15) is 13.2 Å². The van der Waals surface area contributed by atoms with E-state index in [9.17, 15) is 18.0 Å². The minimum Gasteiger partial charge on any atom is -0.353 e. The van der Waals surface area contributed by atoms with Crippen molar-refractivity contribution in [2.75, 3.05) is 5.32 Å². The number of para-hydroxylation sites is 2. The van der Waals surface area contributed by atoms with E-state index in [0.717, 1.165) is 29.9 Å². The summed E-state index contributed by atoms with van der Waals surface area (Å²) in [5.41, 5.74) is 1.24. The van der Waals surface area contributed by atoms with E-state index in [1.807, 2.05) is 24.3 Å². The van der Waals surface area contributed by atoms with Gasteiger partial charge in [0.05, 0.1) is 16.6 Å². The number of carbonyl (C=O) groups is 1. The van der Waals surface area contributed by atoms with E-state index >= 15 is 0 Å². The van der Waals surface area contributed by atoms with Crippen LogP contribution in [0.1, 0.15) is 36.8 Å². The molecule has 1 aliphatic rings. The molecule has 1 saturated carbocycles. The van der Waals surface area contributed by atoms with Crippen LogP contribution in [0.4, 0.5) is 19.1 Å². The molecule has 5 nitrogen and oxygen atoms in total. The Morgan fingerprint density at radius 1 is 1.03 bits per heavy atom. The number of imidazole rings is 1. The number of aromatic nitrogens is 2. The van der Waals surface area contributed by atoms with E-state index in [2.05, 4.69) is 20.6 Å². The second kappa shape index (κ2) is 8.38. The van der Waals surface area contributed by atoms with Crippen molar-refractivity contribution in [3.63, 3.8) is 0 Å². The highest BCUT2D eigenvalue weighted by atomic mass is 19.4. The number of fused-ring (bicyclic) bond motifs is 1. The van der Waals surface area contributed by atoms with Crippen LogP contribution >= 0.6 is 0 Å². The highest BCUT2D eigenvalue weighted by Gasteiger charge is 2.33. The van der Waals surface area contributed by atoms with Crippen LogP contribution in [0.15, 0.2) is 48.5 Å². The molecule has 1 aromatic heterocycles. The second-order valence-electron chi connectivity index (χ2n) is 7.67. The third kappa shape index (κ3) is 4.58. The highest BCUT2D eigenvalue weighted by molar-refractivity contribution is 5.79. The molecule has 158 valence electrons. The van der Waals surface area contributed by atoms with Crippen molar-refractivity contribution < 1.29 is 18.0 Å². The maximum atomic E-state index is 13.1. The number of halogens is 3. The number of benzene rings is 2. The predicted octanol–water partition coefficient (Wildman–Crippen LogP) is 4.87. The molecule has 1 aliphatic carbocycles. The highest BCUT2D eigenvalue weighted by Crippen LogP contribution is 2.32. The zero-order valence-corrected chi connectivity index (χ0v) is 16.3. The first kappa shape index (κ1) is 20.3. The maximum absolute atomic E-state index is 13.1. The van der Waals surface area contributed by atoms with Gasteiger partial charge in [-0.25, -0.2) is 4.98 Å². The van der Waals surface area contributed by atoms with Crippen LogP contribution < -0.4 is 10.6 Å². The summed E-state index contributed by atoms with van der Waals surface area (Å²) in [7, 11) is 0. The van der Waals surface area contributed by atoms with Gasteiger partial charge in [-0.15, -0.1) is 0 Å². The molecule has 4 rings (SSSR count). The van der Waals surface area contributed by atoms with Gasteiger partial charge in [0.1, 0.15) is 0 Å². The Kier molecular flexibility index (Phi) is 5.65. The van der Waals surface area contributed by atoms with Crippen molar-refractivity contribution in [1.82, 2.24) is 15.3 Å². The molecule has 0 aliphatic heterocycles. The number of nitrogens with zero attached hydrogens (tertiary/aromatic N) is 1. The molecule has 3 N–H and O–H groups in total. The average Bonchev–Trinajstić information content (AvgIpc) is 3.14. The normalized spacial score (nSPS) is 19.6. The van der Waals surface area contributed by atoms with Gasteiger partial charge >= 0.3 is 6.18 Å². The minimum atomic E-state index is -4.43. The van der Waals surface area contributed by atoms with Gasteiger partial charge in [-0.3, -0.25) is 4.79 Å². The summed E-state index contributed by atoms with van der Waals surface area (Å²) in [5.74, 6) is 0.346. The van der Waals surface area contributed by atoms with Crippen LogP contribution in [0, 0.1) is 5.92 Å². The van der Waals surface area contributed by atoms with Crippen molar-refractivity contribution in [2.45, 2.75) is 44.4 Å². The van der Waals surface area contributed by atoms with E-state index < -0.39 is 11.7 Å². The monoisotopic (exact) mass is 416 g/mol. The van der Waals surface area contributed by atoms with Crippen LogP contribution in [0.5, 0.6) is 0 Å². The largest absolute Gasteiger partial charge is 0.416 e. The molecule has 2 aromatic carbocycles. The summed E-state index contributed by atoms with van der Waals surface area (Å²) in [6.07, 6.45) is -1.46. The van der Waals surface area contributed by atoms with Gasteiger partial charge in [0.25, 0.3) is 0 Å². The summed E-state index contributed by atoms with van der Waals surface area (Å²) in [4.78, 5) is 20.2. The fourth-order valence-electron chi connectivity index (χ4n) is 3.99. The topological polar surface area (TPSA) is 69.8 Å². The Bertz CT molecular complexity index is 989. The first-order valence-electron chi connectivity index (χ1n) is 10.0. The van der Waals surface area contributed by atoms with Gasteiger partial charge in [-0.05, 0) is 49.4 Å². The lowest BCUT2D eigenvalue weighted by Crippen LogP contribution is -2.36. The van der Waals surface area contributed by atoms with Gasteiger partial charge in [0.2, 0.25) is 11.9 Å². The van der Waals surface area contributed by atoms with Crippen molar-refractivity contribution >= 4 is 22.9 Å². The standard InChI is InChI=1S/C22H23F3N4O/c23-22(24,25)17-6-2-1-5-15(17)13-26-20(30)14-9-11-16(12-10-14)27-21-28-18-7-3-4-8-19(18)29-21/h1-8,14,16H,9-13H2,(H,26,30)(H2,27,28,29). The smallest absolute Gasteiger partial charge is 0.353 e. The number of aromatic amines is 1. The van der Waals surface area contributed by atoms with Crippen LogP contribution in [0.25, 0.3) is 11.0 Å². The Balaban J connectivity index is 1.28. The minimum absolute atomic E-state index is 0.0820. The summed E-state index contributed by atoms with van der Waals surface area (Å²) in [6.45, 7) is -0.119. The second-order valence-corrected chi connectivity index (χ2v) is 7.67. The lowest BCUT2D eigenvalue weighted by atomic mass is 9.85. The number of nitrogens with one attached hydrogen (secondary N) is 3. The van der Waals surface area contributed by atoms with E-state index in [0.29, 0.717) is 18.8 Å². The zero-order valence-electron chi connectivity index (χ0n) is 16.3. The van der Waals surface area contributed by atoms with Crippen LogP contribution in [-0.4, -0.2) is 21.9 Å². The fourth-order valence-corrected chi connectivity index (χ4v) is 3.99. The Labute approximate surface area is 172 Å². The Morgan fingerprint density at radius 3 is 2.47 bits per heavy atom. The molecular weight excluding hydrogens is 393 g/mol. The number of hydrogen-bond acceptors (Lipinski definition) is 3. The number of hydrogen-bond donors (Lipinski definition) is 3. The third-order valence-corrected chi connectivity index (χ3v) is 5.60. The molecule has 0 bridgehead atoms. The number of carbonyl (C=O) groups excluding carboxylic acids is 1. The molecule has 0 radical (unpaired) electrons. The van der Waals surface area contributed by atoms with Crippen molar-refractivity contribution in [3.8, 4) is 0 Å². The lowest BCUT2D eigenvalue weighted by Gasteiger charge is -2.28. The van der Waals surface area contributed by atoms with Crippen LogP contribution in [0.2, 0.25) is 0 Å². The molecular formula is C22H23F3N4O. The number of alkyl halides is 3. The molecule has 30 heavy (non-hydrogen) atoms. The van der Waals surface area contributed by atoms with Crippen LogP contribution in [0.3, 0.4) is 0 Å². The number of rotatable bonds is 5. The average molecular weight is 416 g/mol. The van der Waals surface area contributed by atoms with Crippen molar-refractivity contribution in [1.29, 1.82) is 0 Å². The van der Waals surface area contributed by atoms with Gasteiger partial charge in [-0.1, -0.05) is 30.3 Å². The Hall–Kier alpha value is -3.03. The number of anilines is 1. The Morgan fingerprint density at radius 2 is 1.73 bits per heavy atom. The summed E-state index contributed by atoms with van der Waals surface area (Å²) < 4.78 is 39.3. The summed E-state index contributed by atoms with van der Waals surface area (Å²) in [6, 6.07) is 13.3. The molecule has 3 aromatic rings. The quantitative estimate of drug-likeness (QED) is 0.556. The van der Waals surface area contributed by atoms with Crippen molar-refractivity contribution in [3.05, 3.63) is 59.7 Å². The molecule has 1 amide bonds. The molecule has 0 unspecified atom stereocenters. The van der Waals surface area contributed by atoms with Gasteiger partial charge in [0, 0.05) is 18.5 Å².